The number of rotatable bonds is 8. The Morgan fingerprint density at radius 2 is 1.58 bits per heavy atom. The molecule has 0 radical (unpaired) electrons. The summed E-state index contributed by atoms with van der Waals surface area (Å²) >= 11 is 1.46. The third kappa shape index (κ3) is 4.47. The molecule has 0 spiro atoms. The van der Waals surface area contributed by atoms with Crippen LogP contribution in [0.1, 0.15) is 39.8 Å². The molecule has 0 amide bonds. The molecule has 1 fully saturated rings. The van der Waals surface area contributed by atoms with Gasteiger partial charge >= 0.3 is 0 Å². The Morgan fingerprint density at radius 1 is 0.889 bits per heavy atom. The van der Waals surface area contributed by atoms with Gasteiger partial charge in [-0.1, -0.05) is 78.5 Å². The van der Waals surface area contributed by atoms with Crippen LogP contribution in [0.4, 0.5) is 0 Å². The minimum atomic E-state index is -0.461. The lowest BCUT2D eigenvalue weighted by atomic mass is 10.0. The number of aromatic nitrogens is 4. The molecule has 1 aliphatic rings. The number of likely N-dealkylation sites (tertiary alicyclic amines) is 1. The lowest BCUT2D eigenvalue weighted by Crippen LogP contribution is -2.21. The molecule has 1 unspecified atom stereocenters. The van der Waals surface area contributed by atoms with Gasteiger partial charge in [0.1, 0.15) is 5.25 Å². The molecule has 6 nitrogen and oxygen atoms in total. The second-order valence-electron chi connectivity index (χ2n) is 9.07. The van der Waals surface area contributed by atoms with Crippen LogP contribution < -0.4 is 0 Å². The number of benzene rings is 3. The molecule has 0 bridgehead atoms. The first-order chi connectivity index (χ1) is 17.8. The molecule has 5 aromatic rings. The number of H-pyrrole nitrogens is 1. The first-order valence-electron chi connectivity index (χ1n) is 12.3. The number of aromatic amines is 1. The average Bonchev–Trinajstić information content (AvgIpc) is 3.68. The summed E-state index contributed by atoms with van der Waals surface area (Å²) in [7, 11) is 0. The van der Waals surface area contributed by atoms with Crippen LogP contribution >= 0.6 is 11.8 Å². The second-order valence-corrected chi connectivity index (χ2v) is 10.1. The van der Waals surface area contributed by atoms with Gasteiger partial charge in [-0.3, -0.25) is 14.3 Å². The third-order valence-electron chi connectivity index (χ3n) is 6.70. The molecule has 180 valence electrons. The van der Waals surface area contributed by atoms with Crippen LogP contribution in [-0.4, -0.2) is 43.5 Å². The second kappa shape index (κ2) is 10.1. The molecule has 0 saturated carbocycles. The van der Waals surface area contributed by atoms with Crippen molar-refractivity contribution in [2.75, 3.05) is 13.1 Å². The van der Waals surface area contributed by atoms with Gasteiger partial charge in [0.2, 0.25) is 0 Å². The Morgan fingerprint density at radius 3 is 2.36 bits per heavy atom. The van der Waals surface area contributed by atoms with Gasteiger partial charge in [-0.25, -0.2) is 0 Å². The number of fused-ring (bicyclic) bond motifs is 1. The van der Waals surface area contributed by atoms with Crippen LogP contribution in [0, 0.1) is 0 Å². The van der Waals surface area contributed by atoms with Gasteiger partial charge in [-0.05, 0) is 49.7 Å². The summed E-state index contributed by atoms with van der Waals surface area (Å²) in [6.07, 6.45) is 4.26. The van der Waals surface area contributed by atoms with Gasteiger partial charge in [-0.2, -0.15) is 0 Å². The van der Waals surface area contributed by atoms with E-state index < -0.39 is 5.25 Å². The maximum absolute atomic E-state index is 14.1. The van der Waals surface area contributed by atoms with Crippen molar-refractivity contribution in [2.24, 2.45) is 0 Å². The normalized spacial score (nSPS) is 14.9. The predicted octanol–water partition coefficient (Wildman–Crippen LogP) is 6.06. The van der Waals surface area contributed by atoms with Crippen LogP contribution in [0.25, 0.3) is 16.6 Å². The highest BCUT2D eigenvalue weighted by atomic mass is 32.2. The fourth-order valence-corrected chi connectivity index (χ4v) is 6.02. The van der Waals surface area contributed by atoms with Crippen LogP contribution in [0.3, 0.4) is 0 Å². The van der Waals surface area contributed by atoms with Crippen LogP contribution in [0.5, 0.6) is 0 Å². The van der Waals surface area contributed by atoms with Gasteiger partial charge < -0.3 is 4.98 Å². The van der Waals surface area contributed by atoms with E-state index >= 15 is 0 Å². The van der Waals surface area contributed by atoms with Gasteiger partial charge in [0.05, 0.1) is 6.54 Å². The molecular formula is C29H27N5OS. The van der Waals surface area contributed by atoms with Crippen molar-refractivity contribution in [3.8, 4) is 5.69 Å². The molecule has 6 rings (SSSR count). The van der Waals surface area contributed by atoms with Gasteiger partial charge in [0, 0.05) is 28.4 Å². The van der Waals surface area contributed by atoms with E-state index in [1.165, 1.54) is 24.6 Å². The van der Waals surface area contributed by atoms with Crippen LogP contribution in [-0.2, 0) is 6.54 Å². The van der Waals surface area contributed by atoms with Crippen LogP contribution in [0.15, 0.2) is 96.3 Å². The number of carbonyl (C=O) groups excluding carboxylic acids is 1. The van der Waals surface area contributed by atoms with Crippen molar-refractivity contribution in [3.63, 3.8) is 0 Å². The quantitative estimate of drug-likeness (QED) is 0.210. The Hall–Kier alpha value is -3.68. The van der Waals surface area contributed by atoms with Crippen molar-refractivity contribution in [3.05, 3.63) is 108 Å². The van der Waals surface area contributed by atoms with Crippen molar-refractivity contribution < 1.29 is 4.79 Å². The smallest absolute Gasteiger partial charge is 0.196 e. The number of hydrogen-bond acceptors (Lipinski definition) is 5. The summed E-state index contributed by atoms with van der Waals surface area (Å²) in [6.45, 7) is 2.90. The lowest BCUT2D eigenvalue weighted by Gasteiger charge is -2.18. The predicted molar refractivity (Wildman–Crippen MR) is 144 cm³/mol. The molecule has 1 N–H and O–H groups in total. The highest BCUT2D eigenvalue weighted by molar-refractivity contribution is 8.00. The van der Waals surface area contributed by atoms with Crippen LogP contribution in [0.2, 0.25) is 0 Å². The first-order valence-corrected chi connectivity index (χ1v) is 13.2. The fourth-order valence-electron chi connectivity index (χ4n) is 4.88. The number of hydrogen-bond donors (Lipinski definition) is 1. The maximum Gasteiger partial charge on any atom is 0.196 e. The minimum Gasteiger partial charge on any atom is -0.360 e. The van der Waals surface area contributed by atoms with Gasteiger partial charge in [0.25, 0.3) is 0 Å². The minimum absolute atomic E-state index is 0.0485. The van der Waals surface area contributed by atoms with E-state index in [4.69, 9.17) is 0 Å². The SMILES string of the molecule is O=C(c1c[nH]c2ccccc12)C(Sc1nnc(CN2CCCC2)n1-c1ccccc1)c1ccccc1. The Bertz CT molecular complexity index is 1470. The van der Waals surface area contributed by atoms with Gasteiger partial charge in [0.15, 0.2) is 16.8 Å². The Kier molecular flexibility index (Phi) is 6.40. The van der Waals surface area contributed by atoms with Gasteiger partial charge in [-0.15, -0.1) is 10.2 Å². The molecule has 36 heavy (non-hydrogen) atoms. The maximum atomic E-state index is 14.1. The summed E-state index contributed by atoms with van der Waals surface area (Å²) in [5.74, 6) is 0.948. The molecule has 1 aliphatic heterocycles. The summed E-state index contributed by atoms with van der Waals surface area (Å²) in [5.41, 5.74) is 3.60. The summed E-state index contributed by atoms with van der Waals surface area (Å²) in [6, 6.07) is 28.1. The number of Topliss-reactive ketones (excluding diaryl/α,β-unsaturated/α-hetero) is 1. The standard InChI is InChI=1S/C29H27N5OS/c35-27(24-19-30-25-16-8-7-15-23(24)25)28(21-11-3-1-4-12-21)36-29-32-31-26(20-33-17-9-10-18-33)34(29)22-13-5-2-6-14-22/h1-8,11-16,19,28,30H,9-10,17-18,20H2. The van der Waals surface area contributed by atoms with E-state index in [0.717, 1.165) is 52.8 Å². The molecule has 2 aromatic heterocycles. The summed E-state index contributed by atoms with van der Waals surface area (Å²) in [5, 5.41) is 10.4. The third-order valence-corrected chi connectivity index (χ3v) is 7.89. The van der Waals surface area contributed by atoms with E-state index in [1.54, 1.807) is 0 Å². The number of thioether (sulfide) groups is 1. The summed E-state index contributed by atoms with van der Waals surface area (Å²) in [4.78, 5) is 19.7. The van der Waals surface area contributed by atoms with Crippen molar-refractivity contribution in [1.82, 2.24) is 24.6 Å². The highest BCUT2D eigenvalue weighted by Gasteiger charge is 2.29. The van der Waals surface area contributed by atoms with Crippen molar-refractivity contribution in [2.45, 2.75) is 29.8 Å². The van der Waals surface area contributed by atoms with E-state index in [1.807, 2.05) is 79.0 Å². The number of nitrogens with zero attached hydrogens (tertiary/aromatic N) is 4. The fraction of sp³-hybridized carbons (Fsp3) is 0.207. The molecule has 1 saturated heterocycles. The Labute approximate surface area is 214 Å². The van der Waals surface area contributed by atoms with E-state index in [-0.39, 0.29) is 5.78 Å². The monoisotopic (exact) mass is 493 g/mol. The molecular weight excluding hydrogens is 466 g/mol. The first kappa shape index (κ1) is 22.8. The number of nitrogens with one attached hydrogen (secondary N) is 1. The molecule has 3 aromatic carbocycles. The zero-order chi connectivity index (χ0) is 24.3. The number of para-hydroxylation sites is 2. The van der Waals surface area contributed by atoms with Crippen molar-refractivity contribution in [1.29, 1.82) is 0 Å². The van der Waals surface area contributed by atoms with E-state index in [0.29, 0.717) is 5.56 Å². The zero-order valence-electron chi connectivity index (χ0n) is 19.9. The highest BCUT2D eigenvalue weighted by Crippen LogP contribution is 2.39. The lowest BCUT2D eigenvalue weighted by molar-refractivity contribution is 0.0991. The number of carbonyl (C=O) groups is 1. The van der Waals surface area contributed by atoms with E-state index in [2.05, 4.69) is 36.8 Å². The molecule has 7 heteroatoms. The van der Waals surface area contributed by atoms with Crippen molar-refractivity contribution >= 4 is 28.4 Å². The molecule has 1 atom stereocenters. The number of ketones is 1. The molecule has 3 heterocycles. The largest absolute Gasteiger partial charge is 0.360 e. The Balaban J connectivity index is 1.41. The zero-order valence-corrected chi connectivity index (χ0v) is 20.7. The molecule has 0 aliphatic carbocycles. The average molecular weight is 494 g/mol. The topological polar surface area (TPSA) is 66.8 Å². The van der Waals surface area contributed by atoms with E-state index in [9.17, 15) is 4.79 Å². The summed E-state index contributed by atoms with van der Waals surface area (Å²) < 4.78 is 2.11.